The summed E-state index contributed by atoms with van der Waals surface area (Å²) in [5.74, 6) is 0.115. The fourth-order valence-corrected chi connectivity index (χ4v) is 2.73. The molecule has 2 saturated heterocycles. The highest BCUT2D eigenvalue weighted by atomic mass is 19.1. The molecule has 2 fully saturated rings. The highest BCUT2D eigenvalue weighted by Crippen LogP contribution is 2.29. The lowest BCUT2D eigenvalue weighted by atomic mass is 10.1. The maximum Gasteiger partial charge on any atom is 0.183 e. The van der Waals surface area contributed by atoms with E-state index in [0.717, 1.165) is 12.0 Å². The number of hydrogen-bond donors (Lipinski definition) is 0. The third-order valence-electron chi connectivity index (χ3n) is 4.04. The molecule has 0 spiro atoms. The Kier molecular flexibility index (Phi) is 5.78. The zero-order valence-electron chi connectivity index (χ0n) is 13.3. The molecular formula is C18H23FO4. The van der Waals surface area contributed by atoms with Crippen LogP contribution in [-0.2, 0) is 18.9 Å². The molecule has 0 atom stereocenters. The minimum atomic E-state index is -0.448. The van der Waals surface area contributed by atoms with E-state index in [0.29, 0.717) is 32.3 Å². The van der Waals surface area contributed by atoms with Gasteiger partial charge in [-0.1, -0.05) is 31.2 Å². The van der Waals surface area contributed by atoms with Crippen LogP contribution in [0.5, 0.6) is 0 Å². The molecule has 126 valence electrons. The van der Waals surface area contributed by atoms with Gasteiger partial charge in [0.15, 0.2) is 12.6 Å². The molecule has 2 aliphatic rings. The van der Waals surface area contributed by atoms with E-state index in [9.17, 15) is 4.39 Å². The fourth-order valence-electron chi connectivity index (χ4n) is 2.73. The van der Waals surface area contributed by atoms with Crippen LogP contribution in [0.3, 0.4) is 0 Å². The van der Waals surface area contributed by atoms with Gasteiger partial charge in [0.2, 0.25) is 0 Å². The van der Waals surface area contributed by atoms with Crippen LogP contribution >= 0.6 is 0 Å². The van der Waals surface area contributed by atoms with Crippen LogP contribution in [-0.4, -0.2) is 32.7 Å². The van der Waals surface area contributed by atoms with Crippen molar-refractivity contribution in [2.45, 2.75) is 25.9 Å². The van der Waals surface area contributed by atoms with Crippen LogP contribution in [0.1, 0.15) is 25.2 Å². The molecule has 0 saturated carbocycles. The van der Waals surface area contributed by atoms with Crippen molar-refractivity contribution in [1.29, 1.82) is 0 Å². The third-order valence-corrected chi connectivity index (χ3v) is 4.04. The molecule has 2 heterocycles. The summed E-state index contributed by atoms with van der Waals surface area (Å²) in [6.45, 7) is 4.44. The quantitative estimate of drug-likeness (QED) is 0.796. The van der Waals surface area contributed by atoms with Gasteiger partial charge in [0.05, 0.1) is 32.3 Å². The third kappa shape index (κ3) is 4.38. The van der Waals surface area contributed by atoms with E-state index in [1.807, 2.05) is 0 Å². The molecule has 5 heteroatoms. The molecule has 2 aliphatic heterocycles. The first kappa shape index (κ1) is 16.6. The summed E-state index contributed by atoms with van der Waals surface area (Å²) in [6, 6.07) is 6.17. The topological polar surface area (TPSA) is 36.9 Å². The Hall–Kier alpha value is -1.27. The van der Waals surface area contributed by atoms with Crippen molar-refractivity contribution in [2.24, 2.45) is 11.8 Å². The van der Waals surface area contributed by atoms with Crippen molar-refractivity contribution in [3.8, 4) is 0 Å². The first-order valence-electron chi connectivity index (χ1n) is 8.14. The van der Waals surface area contributed by atoms with Gasteiger partial charge in [0.1, 0.15) is 5.82 Å². The Labute approximate surface area is 136 Å². The zero-order chi connectivity index (χ0) is 16.1. The minimum absolute atomic E-state index is 0.0582. The van der Waals surface area contributed by atoms with Crippen LogP contribution in [0.4, 0.5) is 4.39 Å². The Balaban J connectivity index is 1.46. The molecule has 1 aromatic carbocycles. The highest BCUT2D eigenvalue weighted by molar-refractivity contribution is 5.17. The predicted octanol–water partition coefficient (Wildman–Crippen LogP) is 3.44. The number of rotatable bonds is 4. The monoisotopic (exact) mass is 322 g/mol. The van der Waals surface area contributed by atoms with Crippen LogP contribution in [0.2, 0.25) is 0 Å². The van der Waals surface area contributed by atoms with E-state index >= 15 is 0 Å². The van der Waals surface area contributed by atoms with Gasteiger partial charge in [0, 0.05) is 11.5 Å². The lowest BCUT2D eigenvalue weighted by molar-refractivity contribution is -0.280. The normalized spacial score (nSPS) is 32.3. The molecule has 0 aliphatic carbocycles. The van der Waals surface area contributed by atoms with Gasteiger partial charge in [-0.05, 0) is 18.6 Å². The van der Waals surface area contributed by atoms with Gasteiger partial charge in [-0.15, -0.1) is 0 Å². The van der Waals surface area contributed by atoms with Gasteiger partial charge in [-0.2, -0.15) is 0 Å². The molecule has 0 aromatic heterocycles. The molecule has 0 amide bonds. The Morgan fingerprint density at radius 3 is 2.26 bits per heavy atom. The lowest BCUT2D eigenvalue weighted by Crippen LogP contribution is -2.42. The Bertz CT molecular complexity index is 500. The standard InChI is InChI=1S/C18H23FO4/c1-2-3-4-13-9-20-18(21-10-13)15-11-22-17(23-12-15)14-5-7-16(19)8-6-14/h3-8,13,15,17-18H,2,9-12H2,1H3/b4-3+. The first-order chi connectivity index (χ1) is 11.3. The molecule has 4 nitrogen and oxygen atoms in total. The smallest absolute Gasteiger partial charge is 0.183 e. The molecule has 0 radical (unpaired) electrons. The average molecular weight is 322 g/mol. The number of halogens is 1. The van der Waals surface area contributed by atoms with Crippen molar-refractivity contribution in [1.82, 2.24) is 0 Å². The summed E-state index contributed by atoms with van der Waals surface area (Å²) in [7, 11) is 0. The van der Waals surface area contributed by atoms with Crippen molar-refractivity contribution >= 4 is 0 Å². The van der Waals surface area contributed by atoms with Gasteiger partial charge in [0.25, 0.3) is 0 Å². The van der Waals surface area contributed by atoms with Crippen molar-refractivity contribution in [3.63, 3.8) is 0 Å². The second-order valence-electron chi connectivity index (χ2n) is 5.94. The molecule has 3 rings (SSSR count). The van der Waals surface area contributed by atoms with Crippen molar-refractivity contribution < 1.29 is 23.3 Å². The van der Waals surface area contributed by atoms with Crippen LogP contribution in [0.25, 0.3) is 0 Å². The summed E-state index contributed by atoms with van der Waals surface area (Å²) < 4.78 is 36.0. The number of ether oxygens (including phenoxy) is 4. The summed E-state index contributed by atoms with van der Waals surface area (Å²) in [5, 5.41) is 0. The van der Waals surface area contributed by atoms with E-state index in [1.54, 1.807) is 12.1 Å². The summed E-state index contributed by atoms with van der Waals surface area (Å²) in [6.07, 6.45) is 4.58. The van der Waals surface area contributed by atoms with E-state index < -0.39 is 6.29 Å². The molecule has 1 aromatic rings. The minimum Gasteiger partial charge on any atom is -0.351 e. The molecule has 23 heavy (non-hydrogen) atoms. The highest BCUT2D eigenvalue weighted by Gasteiger charge is 2.33. The van der Waals surface area contributed by atoms with E-state index in [4.69, 9.17) is 18.9 Å². The summed E-state index contributed by atoms with van der Waals surface area (Å²) in [4.78, 5) is 0. The Morgan fingerprint density at radius 1 is 1.00 bits per heavy atom. The van der Waals surface area contributed by atoms with Gasteiger partial charge < -0.3 is 18.9 Å². The number of allylic oxidation sites excluding steroid dienone is 1. The van der Waals surface area contributed by atoms with Crippen molar-refractivity contribution in [2.75, 3.05) is 26.4 Å². The molecule has 0 bridgehead atoms. The second kappa shape index (κ2) is 8.02. The summed E-state index contributed by atoms with van der Waals surface area (Å²) >= 11 is 0. The van der Waals surface area contributed by atoms with Crippen LogP contribution in [0.15, 0.2) is 36.4 Å². The number of hydrogen-bond acceptors (Lipinski definition) is 4. The van der Waals surface area contributed by atoms with Gasteiger partial charge in [-0.25, -0.2) is 4.39 Å². The van der Waals surface area contributed by atoms with E-state index in [1.165, 1.54) is 12.1 Å². The van der Waals surface area contributed by atoms with Crippen molar-refractivity contribution in [3.05, 3.63) is 47.8 Å². The molecular weight excluding hydrogens is 299 g/mol. The van der Waals surface area contributed by atoms with E-state index in [2.05, 4.69) is 19.1 Å². The first-order valence-corrected chi connectivity index (χ1v) is 8.14. The summed E-state index contributed by atoms with van der Waals surface area (Å²) in [5.41, 5.74) is 0.820. The molecule has 0 N–H and O–H groups in total. The average Bonchev–Trinajstić information content (AvgIpc) is 2.61. The molecule has 0 unspecified atom stereocenters. The number of benzene rings is 1. The van der Waals surface area contributed by atoms with E-state index in [-0.39, 0.29) is 18.0 Å². The maximum atomic E-state index is 12.9. The lowest BCUT2D eigenvalue weighted by Gasteiger charge is -2.37. The van der Waals surface area contributed by atoms with Gasteiger partial charge in [-0.3, -0.25) is 0 Å². The maximum absolute atomic E-state index is 12.9. The predicted molar refractivity (Wildman–Crippen MR) is 83.1 cm³/mol. The van der Waals surface area contributed by atoms with Crippen LogP contribution < -0.4 is 0 Å². The fraction of sp³-hybridized carbons (Fsp3) is 0.556. The zero-order valence-corrected chi connectivity index (χ0v) is 13.3. The van der Waals surface area contributed by atoms with Crippen LogP contribution in [0, 0.1) is 17.7 Å². The second-order valence-corrected chi connectivity index (χ2v) is 5.94. The largest absolute Gasteiger partial charge is 0.351 e. The Morgan fingerprint density at radius 2 is 1.65 bits per heavy atom. The SMILES string of the molecule is CC/C=C/C1COC(C2COC(c3ccc(F)cc3)OC2)OC1. The van der Waals surface area contributed by atoms with Gasteiger partial charge >= 0.3 is 0 Å².